The van der Waals surface area contributed by atoms with Gasteiger partial charge in [-0.25, -0.2) is 0 Å². The average Bonchev–Trinajstić information content (AvgIpc) is 2.28. The van der Waals surface area contributed by atoms with Crippen LogP contribution >= 0.6 is 24.8 Å². The van der Waals surface area contributed by atoms with Crippen molar-refractivity contribution in [3.8, 4) is 0 Å². The lowest BCUT2D eigenvalue weighted by Crippen LogP contribution is -1.90. The summed E-state index contributed by atoms with van der Waals surface area (Å²) in [5.74, 6) is 0. The monoisotopic (exact) mass is 216 g/mol. The first-order valence-electron chi connectivity index (χ1n) is 3.51. The molecule has 0 spiro atoms. The zero-order chi connectivity index (χ0) is 7.52. The predicted molar refractivity (Wildman–Crippen MR) is 60.5 cm³/mol. The molecule has 0 aromatic carbocycles. The molecule has 0 aliphatic carbocycles. The summed E-state index contributed by atoms with van der Waals surface area (Å²) >= 11 is 0. The summed E-state index contributed by atoms with van der Waals surface area (Å²) in [7, 11) is 0. The Bertz CT molecular complexity index is 321. The molecule has 0 atom stereocenters. The summed E-state index contributed by atoms with van der Waals surface area (Å²) in [5, 5.41) is 3.12. The maximum absolute atomic E-state index is 4.19. The molecule has 1 N–H and O–H groups in total. The third kappa shape index (κ3) is 2.76. The Balaban J connectivity index is 0.000000720. The molecule has 0 bridgehead atoms. The molecule has 13 heavy (non-hydrogen) atoms. The third-order valence-electron chi connectivity index (χ3n) is 1.54. The van der Waals surface area contributed by atoms with E-state index < -0.39 is 0 Å². The summed E-state index contributed by atoms with van der Waals surface area (Å²) in [6.45, 7) is 0. The van der Waals surface area contributed by atoms with Crippen LogP contribution in [0.1, 0.15) is 5.69 Å². The minimum absolute atomic E-state index is 0. The molecule has 0 radical (unpaired) electrons. The Morgan fingerprint density at radius 3 is 2.85 bits per heavy atom. The predicted octanol–water partition coefficient (Wildman–Crippen LogP) is 2.88. The number of nitrogens with one attached hydrogen (secondary N) is 1. The van der Waals surface area contributed by atoms with Crippen LogP contribution in [0, 0.1) is 0 Å². The molecule has 2 nitrogen and oxygen atoms in total. The molecular weight excluding hydrogens is 207 g/mol. The van der Waals surface area contributed by atoms with E-state index in [9.17, 15) is 0 Å². The SMILES string of the molecule is C1=CNc2cccnc2C=C1.Cl.Cl. The molecule has 0 unspecified atom stereocenters. The number of halogens is 2. The Morgan fingerprint density at radius 1 is 1.15 bits per heavy atom. The summed E-state index contributed by atoms with van der Waals surface area (Å²) < 4.78 is 0. The number of pyridine rings is 1. The summed E-state index contributed by atoms with van der Waals surface area (Å²) in [6.07, 6.45) is 9.57. The second-order valence-corrected chi connectivity index (χ2v) is 2.30. The van der Waals surface area contributed by atoms with Crippen LogP contribution in [0.5, 0.6) is 0 Å². The van der Waals surface area contributed by atoms with Crippen molar-refractivity contribution in [3.05, 3.63) is 42.4 Å². The van der Waals surface area contributed by atoms with Crippen LogP contribution < -0.4 is 5.32 Å². The molecule has 1 aliphatic rings. The highest BCUT2D eigenvalue weighted by Gasteiger charge is 1.97. The van der Waals surface area contributed by atoms with Crippen molar-refractivity contribution < 1.29 is 0 Å². The highest BCUT2D eigenvalue weighted by atomic mass is 35.5. The molecule has 4 heteroatoms. The van der Waals surface area contributed by atoms with Gasteiger partial charge in [0, 0.05) is 12.4 Å². The van der Waals surface area contributed by atoms with E-state index >= 15 is 0 Å². The zero-order valence-corrected chi connectivity index (χ0v) is 8.44. The highest BCUT2D eigenvalue weighted by Crippen LogP contribution is 2.15. The van der Waals surface area contributed by atoms with Gasteiger partial charge in [-0.2, -0.15) is 0 Å². The van der Waals surface area contributed by atoms with Crippen molar-refractivity contribution in [2.45, 2.75) is 0 Å². The second kappa shape index (κ2) is 5.62. The van der Waals surface area contributed by atoms with Gasteiger partial charge in [0.2, 0.25) is 0 Å². The van der Waals surface area contributed by atoms with E-state index in [1.165, 1.54) is 0 Å². The first-order chi connectivity index (χ1) is 5.47. The number of hydrogen-bond donors (Lipinski definition) is 1. The van der Waals surface area contributed by atoms with E-state index in [1.54, 1.807) is 6.20 Å². The van der Waals surface area contributed by atoms with E-state index in [4.69, 9.17) is 0 Å². The normalized spacial score (nSPS) is 11.4. The van der Waals surface area contributed by atoms with Crippen LogP contribution in [-0.4, -0.2) is 4.98 Å². The number of aromatic nitrogens is 1. The van der Waals surface area contributed by atoms with Crippen LogP contribution in [0.15, 0.2) is 36.7 Å². The van der Waals surface area contributed by atoms with Crippen molar-refractivity contribution >= 4 is 36.6 Å². The van der Waals surface area contributed by atoms with Gasteiger partial charge in [-0.3, -0.25) is 4.98 Å². The maximum Gasteiger partial charge on any atom is 0.0864 e. The van der Waals surface area contributed by atoms with Crippen molar-refractivity contribution in [3.63, 3.8) is 0 Å². The van der Waals surface area contributed by atoms with Gasteiger partial charge in [0.05, 0.1) is 11.4 Å². The molecule has 0 saturated heterocycles. The van der Waals surface area contributed by atoms with Crippen LogP contribution in [0.25, 0.3) is 6.08 Å². The first-order valence-corrected chi connectivity index (χ1v) is 3.51. The van der Waals surface area contributed by atoms with Crippen molar-refractivity contribution in [2.24, 2.45) is 0 Å². The van der Waals surface area contributed by atoms with Crippen LogP contribution in [0.2, 0.25) is 0 Å². The largest absolute Gasteiger partial charge is 0.360 e. The second-order valence-electron chi connectivity index (χ2n) is 2.30. The van der Waals surface area contributed by atoms with Gasteiger partial charge < -0.3 is 5.32 Å². The van der Waals surface area contributed by atoms with E-state index in [0.29, 0.717) is 0 Å². The number of allylic oxidation sites excluding steroid dienone is 2. The van der Waals surface area contributed by atoms with E-state index in [0.717, 1.165) is 11.4 Å². The summed E-state index contributed by atoms with van der Waals surface area (Å²) in [4.78, 5) is 4.19. The fourth-order valence-electron chi connectivity index (χ4n) is 1.01. The van der Waals surface area contributed by atoms with Crippen LogP contribution in [-0.2, 0) is 0 Å². The molecule has 1 aromatic heterocycles. The minimum atomic E-state index is 0. The topological polar surface area (TPSA) is 24.9 Å². The quantitative estimate of drug-likeness (QED) is 0.722. The molecular formula is C9H10Cl2N2. The molecule has 0 saturated carbocycles. The fourth-order valence-corrected chi connectivity index (χ4v) is 1.01. The molecule has 2 rings (SSSR count). The van der Waals surface area contributed by atoms with E-state index in [2.05, 4.69) is 10.3 Å². The lowest BCUT2D eigenvalue weighted by Gasteiger charge is -2.00. The van der Waals surface area contributed by atoms with Gasteiger partial charge in [0.1, 0.15) is 0 Å². The average molecular weight is 217 g/mol. The Hall–Kier alpha value is -0.990. The highest BCUT2D eigenvalue weighted by molar-refractivity contribution is 5.85. The molecule has 2 heterocycles. The van der Waals surface area contributed by atoms with Crippen molar-refractivity contribution in [1.29, 1.82) is 0 Å². The summed E-state index contributed by atoms with van der Waals surface area (Å²) in [6, 6.07) is 3.92. The Labute approximate surface area is 89.6 Å². The van der Waals surface area contributed by atoms with E-state index in [1.807, 2.05) is 36.6 Å². The molecule has 0 fully saturated rings. The number of hydrogen-bond acceptors (Lipinski definition) is 2. The van der Waals surface area contributed by atoms with Crippen molar-refractivity contribution in [1.82, 2.24) is 4.98 Å². The standard InChI is InChI=1S/C9H8N2.2ClH/c1-2-6-10-9-5-3-7-11-8(9)4-1;;/h1-7,10H;2*1H. The molecule has 1 aromatic rings. The maximum atomic E-state index is 4.19. The third-order valence-corrected chi connectivity index (χ3v) is 1.54. The summed E-state index contributed by atoms with van der Waals surface area (Å²) in [5.41, 5.74) is 2.04. The van der Waals surface area contributed by atoms with Gasteiger partial charge in [0.15, 0.2) is 0 Å². The van der Waals surface area contributed by atoms with Gasteiger partial charge in [-0.15, -0.1) is 24.8 Å². The minimum Gasteiger partial charge on any atom is -0.360 e. The lowest BCUT2D eigenvalue weighted by molar-refractivity contribution is 1.29. The van der Waals surface area contributed by atoms with Gasteiger partial charge in [-0.1, -0.05) is 6.08 Å². The molecule has 0 amide bonds. The van der Waals surface area contributed by atoms with E-state index in [-0.39, 0.29) is 24.8 Å². The Morgan fingerprint density at radius 2 is 2.00 bits per heavy atom. The fraction of sp³-hybridized carbons (Fsp3) is 0. The first kappa shape index (κ1) is 12.0. The van der Waals surface area contributed by atoms with Gasteiger partial charge in [0.25, 0.3) is 0 Å². The van der Waals surface area contributed by atoms with Gasteiger partial charge in [-0.05, 0) is 24.3 Å². The number of anilines is 1. The molecule has 1 aliphatic heterocycles. The van der Waals surface area contributed by atoms with Crippen molar-refractivity contribution in [2.75, 3.05) is 5.32 Å². The number of fused-ring (bicyclic) bond motifs is 1. The van der Waals surface area contributed by atoms with Crippen LogP contribution in [0.3, 0.4) is 0 Å². The smallest absolute Gasteiger partial charge is 0.0864 e. The van der Waals surface area contributed by atoms with Crippen LogP contribution in [0.4, 0.5) is 5.69 Å². The van der Waals surface area contributed by atoms with Gasteiger partial charge >= 0.3 is 0 Å². The number of nitrogens with zero attached hydrogens (tertiary/aromatic N) is 1. The lowest BCUT2D eigenvalue weighted by atomic mass is 10.3. The number of rotatable bonds is 0. The zero-order valence-electron chi connectivity index (χ0n) is 6.81. The Kier molecular flexibility index (Phi) is 5.19. The molecule has 70 valence electrons.